The van der Waals surface area contributed by atoms with Crippen LogP contribution in [0, 0.1) is 11.7 Å². The third-order valence-corrected chi connectivity index (χ3v) is 3.56. The van der Waals surface area contributed by atoms with Gasteiger partial charge in [0.05, 0.1) is 13.2 Å². The molecule has 1 aliphatic rings. The van der Waals surface area contributed by atoms with Gasteiger partial charge < -0.3 is 15.0 Å². The molecule has 0 radical (unpaired) electrons. The molecule has 0 spiro atoms. The average Bonchev–Trinajstić information content (AvgIpc) is 2.53. The molecular weight excluding hydrogens is 286 g/mol. The normalized spacial score (nSPS) is 15.0. The molecule has 2 aromatic rings. The Balaban J connectivity index is 1.74. The van der Waals surface area contributed by atoms with E-state index in [1.54, 1.807) is 0 Å². The van der Waals surface area contributed by atoms with Gasteiger partial charge >= 0.3 is 0 Å². The maximum absolute atomic E-state index is 5.37. The van der Waals surface area contributed by atoms with E-state index in [9.17, 15) is 0 Å². The molecule has 110 valence electrons. The van der Waals surface area contributed by atoms with E-state index in [2.05, 4.69) is 37.5 Å². The average molecular weight is 303 g/mol. The van der Waals surface area contributed by atoms with Gasteiger partial charge in [-0.25, -0.2) is 0 Å². The Morgan fingerprint density at radius 1 is 1.24 bits per heavy atom. The van der Waals surface area contributed by atoms with Gasteiger partial charge in [0.25, 0.3) is 0 Å². The van der Waals surface area contributed by atoms with E-state index in [1.165, 1.54) is 5.69 Å². The third-order valence-electron chi connectivity index (χ3n) is 3.38. The number of hydrogen-bond donors (Lipinski definition) is 2. The van der Waals surface area contributed by atoms with E-state index in [4.69, 9.17) is 17.0 Å². The van der Waals surface area contributed by atoms with Crippen molar-refractivity contribution in [3.05, 3.63) is 34.7 Å². The van der Waals surface area contributed by atoms with Gasteiger partial charge in [-0.2, -0.15) is 10.1 Å². The molecule has 1 aromatic carbocycles. The molecule has 1 saturated heterocycles. The summed E-state index contributed by atoms with van der Waals surface area (Å²) >= 11 is 4.99. The molecule has 0 unspecified atom stereocenters. The van der Waals surface area contributed by atoms with Gasteiger partial charge in [-0.3, -0.25) is 5.10 Å². The first-order valence-corrected chi connectivity index (χ1v) is 7.26. The number of nitrogens with one attached hydrogen (secondary N) is 2. The van der Waals surface area contributed by atoms with Gasteiger partial charge in [0.2, 0.25) is 4.77 Å². The molecule has 6 nitrogen and oxygen atoms in total. The Bertz CT molecular complexity index is 664. The molecule has 2 N–H and O–H groups in total. The van der Waals surface area contributed by atoms with Gasteiger partial charge in [-0.1, -0.05) is 0 Å². The number of ether oxygens (including phenoxy) is 1. The predicted molar refractivity (Wildman–Crippen MR) is 84.7 cm³/mol. The highest BCUT2D eigenvalue weighted by molar-refractivity contribution is 7.71. The zero-order valence-corrected chi connectivity index (χ0v) is 12.6. The molecule has 1 aliphatic heterocycles. The van der Waals surface area contributed by atoms with Crippen molar-refractivity contribution in [2.45, 2.75) is 6.92 Å². The lowest BCUT2D eigenvalue weighted by molar-refractivity contribution is 0.122. The highest BCUT2D eigenvalue weighted by atomic mass is 32.1. The second kappa shape index (κ2) is 6.19. The van der Waals surface area contributed by atoms with E-state index in [0.29, 0.717) is 10.6 Å². The van der Waals surface area contributed by atoms with E-state index in [0.717, 1.165) is 37.7 Å². The zero-order valence-electron chi connectivity index (χ0n) is 11.8. The summed E-state index contributed by atoms with van der Waals surface area (Å²) in [5, 5.41) is 10.0. The quantitative estimate of drug-likeness (QED) is 0.849. The number of aromatic nitrogens is 3. The standard InChI is InChI=1S/C14H17N5OS/c1-10-13(16-14(21)18-17-10)15-11-2-4-12(5-3-11)19-6-8-20-9-7-19/h2-5H,6-9H2,1H3,(H2,15,16,18,21). The topological polar surface area (TPSA) is 66.1 Å². The molecule has 2 heterocycles. The maximum atomic E-state index is 5.37. The van der Waals surface area contributed by atoms with Crippen LogP contribution < -0.4 is 10.2 Å². The maximum Gasteiger partial charge on any atom is 0.215 e. The second-order valence-corrected chi connectivity index (χ2v) is 5.23. The van der Waals surface area contributed by atoms with Crippen LogP contribution in [0.1, 0.15) is 5.69 Å². The monoisotopic (exact) mass is 303 g/mol. The summed E-state index contributed by atoms with van der Waals surface area (Å²) in [7, 11) is 0. The summed E-state index contributed by atoms with van der Waals surface area (Å²) in [5.74, 6) is 0.679. The zero-order chi connectivity index (χ0) is 14.7. The van der Waals surface area contributed by atoms with Gasteiger partial charge in [-0.15, -0.1) is 0 Å². The fraction of sp³-hybridized carbons (Fsp3) is 0.357. The first-order valence-electron chi connectivity index (χ1n) is 6.85. The number of nitrogens with zero attached hydrogens (tertiary/aromatic N) is 3. The van der Waals surface area contributed by atoms with E-state index >= 15 is 0 Å². The van der Waals surface area contributed by atoms with Crippen LogP contribution in [0.4, 0.5) is 17.2 Å². The van der Waals surface area contributed by atoms with E-state index in [-0.39, 0.29) is 0 Å². The van der Waals surface area contributed by atoms with Crippen LogP contribution in [0.3, 0.4) is 0 Å². The van der Waals surface area contributed by atoms with Crippen LogP contribution in [0.2, 0.25) is 0 Å². The molecule has 0 aliphatic carbocycles. The summed E-state index contributed by atoms with van der Waals surface area (Å²) in [5.41, 5.74) is 2.95. The Kier molecular flexibility index (Phi) is 4.12. The van der Waals surface area contributed by atoms with E-state index in [1.807, 2.05) is 19.1 Å². The molecule has 3 rings (SSSR count). The fourth-order valence-electron chi connectivity index (χ4n) is 2.22. The Morgan fingerprint density at radius 3 is 2.67 bits per heavy atom. The lowest BCUT2D eigenvalue weighted by Gasteiger charge is -2.28. The summed E-state index contributed by atoms with van der Waals surface area (Å²) in [6.07, 6.45) is 0. The van der Waals surface area contributed by atoms with Crippen molar-refractivity contribution in [1.82, 2.24) is 15.2 Å². The Labute approximate surface area is 128 Å². The van der Waals surface area contributed by atoms with Gasteiger partial charge in [0.1, 0.15) is 5.69 Å². The van der Waals surface area contributed by atoms with Gasteiger partial charge in [0.15, 0.2) is 5.82 Å². The lowest BCUT2D eigenvalue weighted by atomic mass is 10.2. The number of hydrogen-bond acceptors (Lipinski definition) is 6. The number of benzene rings is 1. The summed E-state index contributed by atoms with van der Waals surface area (Å²) < 4.78 is 5.73. The van der Waals surface area contributed by atoms with Gasteiger partial charge in [0, 0.05) is 24.5 Å². The number of morpholine rings is 1. The van der Waals surface area contributed by atoms with Crippen molar-refractivity contribution < 1.29 is 4.74 Å². The molecular formula is C14H17N5OS. The minimum Gasteiger partial charge on any atom is -0.378 e. The SMILES string of the molecule is Cc1n[nH]c(=S)nc1Nc1ccc(N2CCOCC2)cc1. The number of rotatable bonds is 3. The molecule has 0 saturated carbocycles. The minimum absolute atomic E-state index is 0.369. The van der Waals surface area contributed by atoms with Crippen LogP contribution in [-0.2, 0) is 4.74 Å². The van der Waals surface area contributed by atoms with Gasteiger partial charge in [-0.05, 0) is 43.4 Å². The largest absolute Gasteiger partial charge is 0.378 e. The predicted octanol–water partition coefficient (Wildman–Crippen LogP) is 2.42. The smallest absolute Gasteiger partial charge is 0.215 e. The van der Waals surface area contributed by atoms with Crippen LogP contribution in [-0.4, -0.2) is 41.5 Å². The van der Waals surface area contributed by atoms with Crippen molar-refractivity contribution in [3.63, 3.8) is 0 Å². The van der Waals surface area contributed by atoms with Crippen LogP contribution in [0.25, 0.3) is 0 Å². The Morgan fingerprint density at radius 2 is 1.95 bits per heavy atom. The molecule has 7 heteroatoms. The molecule has 0 atom stereocenters. The fourth-order valence-corrected chi connectivity index (χ4v) is 2.36. The molecule has 21 heavy (non-hydrogen) atoms. The summed E-state index contributed by atoms with van der Waals surface area (Å²) in [6, 6.07) is 8.26. The van der Waals surface area contributed by atoms with Crippen molar-refractivity contribution in [2.24, 2.45) is 0 Å². The minimum atomic E-state index is 0.369. The molecule has 0 bridgehead atoms. The highest BCUT2D eigenvalue weighted by Gasteiger charge is 2.11. The van der Waals surface area contributed by atoms with Crippen LogP contribution >= 0.6 is 12.2 Å². The summed E-state index contributed by atoms with van der Waals surface area (Å²) in [4.78, 5) is 6.56. The number of anilines is 3. The Hall–Kier alpha value is -1.99. The van der Waals surface area contributed by atoms with Crippen molar-refractivity contribution in [3.8, 4) is 0 Å². The lowest BCUT2D eigenvalue weighted by Crippen LogP contribution is -2.36. The second-order valence-electron chi connectivity index (χ2n) is 4.85. The van der Waals surface area contributed by atoms with Crippen LogP contribution in [0.5, 0.6) is 0 Å². The molecule has 0 amide bonds. The summed E-state index contributed by atoms with van der Waals surface area (Å²) in [6.45, 7) is 5.33. The van der Waals surface area contributed by atoms with Crippen LogP contribution in [0.15, 0.2) is 24.3 Å². The highest BCUT2D eigenvalue weighted by Crippen LogP contribution is 2.21. The van der Waals surface area contributed by atoms with E-state index < -0.39 is 0 Å². The molecule has 1 aromatic heterocycles. The molecule has 1 fully saturated rings. The number of aromatic amines is 1. The van der Waals surface area contributed by atoms with Crippen molar-refractivity contribution in [2.75, 3.05) is 36.5 Å². The first kappa shape index (κ1) is 14.0. The third kappa shape index (κ3) is 3.37. The van der Waals surface area contributed by atoms with Crippen molar-refractivity contribution >= 4 is 29.4 Å². The van der Waals surface area contributed by atoms with Crippen molar-refractivity contribution in [1.29, 1.82) is 0 Å². The first-order chi connectivity index (χ1) is 10.2. The number of aryl methyl sites for hydroxylation is 1. The number of H-pyrrole nitrogens is 1.